The van der Waals surface area contributed by atoms with E-state index in [4.69, 9.17) is 10.5 Å². The van der Waals surface area contributed by atoms with Gasteiger partial charge >= 0.3 is 0 Å². The topological polar surface area (TPSA) is 59.6 Å². The molecule has 2 aliphatic rings. The zero-order chi connectivity index (χ0) is 15.0. The summed E-state index contributed by atoms with van der Waals surface area (Å²) in [7, 11) is 0. The molecule has 2 rings (SSSR count). The van der Waals surface area contributed by atoms with Gasteiger partial charge in [-0.25, -0.2) is 0 Å². The summed E-state index contributed by atoms with van der Waals surface area (Å²) in [5, 5.41) is 3.42. The minimum absolute atomic E-state index is 0. The average Bonchev–Trinajstić information content (AvgIpc) is 2.96. The SMILES string of the molecule is CCOCCC1(CN=C(N)NC2CCCCC2)CCCC1.I. The van der Waals surface area contributed by atoms with Crippen LogP contribution < -0.4 is 11.1 Å². The van der Waals surface area contributed by atoms with E-state index in [0.717, 1.165) is 26.2 Å². The van der Waals surface area contributed by atoms with Gasteiger partial charge in [-0.2, -0.15) is 0 Å². The standard InChI is InChI=1S/C17H33N3O.HI/c1-2-21-13-12-17(10-6-7-11-17)14-19-16(18)20-15-8-4-3-5-9-15;/h15H,2-14H2,1H3,(H3,18,19,20);1H. The summed E-state index contributed by atoms with van der Waals surface area (Å²) in [6.07, 6.45) is 12.8. The maximum Gasteiger partial charge on any atom is 0.188 e. The first-order chi connectivity index (χ1) is 10.2. The third kappa shape index (κ3) is 6.60. The molecule has 4 nitrogen and oxygen atoms in total. The van der Waals surface area contributed by atoms with Crippen LogP contribution in [0.3, 0.4) is 0 Å². The van der Waals surface area contributed by atoms with Crippen molar-refractivity contribution in [1.82, 2.24) is 5.32 Å². The van der Waals surface area contributed by atoms with Gasteiger partial charge in [-0.1, -0.05) is 32.1 Å². The molecule has 0 aromatic rings. The van der Waals surface area contributed by atoms with Crippen molar-refractivity contribution < 1.29 is 4.74 Å². The van der Waals surface area contributed by atoms with E-state index in [0.29, 0.717) is 17.4 Å². The van der Waals surface area contributed by atoms with Crippen molar-refractivity contribution in [1.29, 1.82) is 0 Å². The molecule has 0 aliphatic heterocycles. The van der Waals surface area contributed by atoms with E-state index in [-0.39, 0.29) is 24.0 Å². The Morgan fingerprint density at radius 3 is 2.50 bits per heavy atom. The van der Waals surface area contributed by atoms with Gasteiger partial charge < -0.3 is 15.8 Å². The van der Waals surface area contributed by atoms with Gasteiger partial charge in [0.1, 0.15) is 0 Å². The van der Waals surface area contributed by atoms with Crippen molar-refractivity contribution in [3.63, 3.8) is 0 Å². The molecule has 5 heteroatoms. The second-order valence-corrected chi connectivity index (χ2v) is 6.83. The van der Waals surface area contributed by atoms with Crippen LogP contribution in [0.25, 0.3) is 0 Å². The van der Waals surface area contributed by atoms with Gasteiger partial charge in [0.25, 0.3) is 0 Å². The molecule has 2 fully saturated rings. The quantitative estimate of drug-likeness (QED) is 0.283. The van der Waals surface area contributed by atoms with Gasteiger partial charge in [0.05, 0.1) is 0 Å². The fourth-order valence-corrected chi connectivity index (χ4v) is 3.80. The number of ether oxygens (including phenoxy) is 1. The number of hydrogen-bond acceptors (Lipinski definition) is 2. The molecule has 2 aliphatic carbocycles. The molecule has 0 aromatic carbocycles. The highest BCUT2D eigenvalue weighted by Gasteiger charge is 2.33. The summed E-state index contributed by atoms with van der Waals surface area (Å²) in [5.41, 5.74) is 6.45. The molecular weight excluding hydrogens is 389 g/mol. The number of nitrogens with two attached hydrogens (primary N) is 1. The first kappa shape index (κ1) is 20.0. The first-order valence-corrected chi connectivity index (χ1v) is 8.88. The Morgan fingerprint density at radius 2 is 1.86 bits per heavy atom. The molecule has 3 N–H and O–H groups in total. The summed E-state index contributed by atoms with van der Waals surface area (Å²) >= 11 is 0. The van der Waals surface area contributed by atoms with Crippen LogP contribution in [0.5, 0.6) is 0 Å². The van der Waals surface area contributed by atoms with Crippen molar-refractivity contribution >= 4 is 29.9 Å². The highest BCUT2D eigenvalue weighted by Crippen LogP contribution is 2.41. The summed E-state index contributed by atoms with van der Waals surface area (Å²) in [6.45, 7) is 4.60. The van der Waals surface area contributed by atoms with Crippen molar-refractivity contribution in [2.75, 3.05) is 19.8 Å². The predicted molar refractivity (Wildman–Crippen MR) is 104 cm³/mol. The van der Waals surface area contributed by atoms with Gasteiger partial charge in [0, 0.05) is 25.8 Å². The van der Waals surface area contributed by atoms with Gasteiger partial charge in [0.2, 0.25) is 0 Å². The summed E-state index contributed by atoms with van der Waals surface area (Å²) in [5.74, 6) is 0.657. The van der Waals surface area contributed by atoms with Crippen molar-refractivity contribution in [3.8, 4) is 0 Å². The lowest BCUT2D eigenvalue weighted by molar-refractivity contribution is 0.107. The third-order valence-electron chi connectivity index (χ3n) is 5.19. The minimum atomic E-state index is 0. The first-order valence-electron chi connectivity index (χ1n) is 8.88. The molecule has 22 heavy (non-hydrogen) atoms. The molecule has 0 amide bonds. The number of nitrogens with one attached hydrogen (secondary N) is 1. The number of aliphatic imine (C=N–C) groups is 1. The third-order valence-corrected chi connectivity index (χ3v) is 5.19. The number of rotatable bonds is 7. The van der Waals surface area contributed by atoms with Gasteiger partial charge in [0.15, 0.2) is 5.96 Å². The van der Waals surface area contributed by atoms with Crippen LogP contribution in [0.15, 0.2) is 4.99 Å². The fraction of sp³-hybridized carbons (Fsp3) is 0.941. The maximum absolute atomic E-state index is 6.10. The normalized spacial score (nSPS) is 22.3. The van der Waals surface area contributed by atoms with Crippen LogP contribution >= 0.6 is 24.0 Å². The maximum atomic E-state index is 6.10. The molecule has 0 bridgehead atoms. The number of hydrogen-bond donors (Lipinski definition) is 2. The number of halogens is 1. The lowest BCUT2D eigenvalue weighted by atomic mass is 9.83. The lowest BCUT2D eigenvalue weighted by Gasteiger charge is -2.28. The van der Waals surface area contributed by atoms with Crippen LogP contribution in [-0.2, 0) is 4.74 Å². The molecule has 130 valence electrons. The molecule has 0 atom stereocenters. The van der Waals surface area contributed by atoms with Crippen molar-refractivity contribution in [3.05, 3.63) is 0 Å². The predicted octanol–water partition coefficient (Wildman–Crippen LogP) is 3.83. The van der Waals surface area contributed by atoms with E-state index >= 15 is 0 Å². The van der Waals surface area contributed by atoms with Crippen LogP contribution in [0, 0.1) is 5.41 Å². The van der Waals surface area contributed by atoms with E-state index in [2.05, 4.69) is 17.2 Å². The van der Waals surface area contributed by atoms with Gasteiger partial charge in [-0.15, -0.1) is 24.0 Å². The summed E-state index contributed by atoms with van der Waals surface area (Å²) in [4.78, 5) is 4.68. The molecule has 0 saturated heterocycles. The smallest absolute Gasteiger partial charge is 0.188 e. The van der Waals surface area contributed by atoms with Crippen molar-refractivity contribution in [2.45, 2.75) is 77.2 Å². The minimum Gasteiger partial charge on any atom is -0.382 e. The van der Waals surface area contributed by atoms with Crippen LogP contribution in [0.4, 0.5) is 0 Å². The van der Waals surface area contributed by atoms with Crippen LogP contribution in [-0.4, -0.2) is 31.8 Å². The Bertz CT molecular complexity index is 324. The zero-order valence-electron chi connectivity index (χ0n) is 14.1. The van der Waals surface area contributed by atoms with E-state index in [1.165, 1.54) is 57.8 Å². The fourth-order valence-electron chi connectivity index (χ4n) is 3.80. The van der Waals surface area contributed by atoms with E-state index in [1.54, 1.807) is 0 Å². The van der Waals surface area contributed by atoms with E-state index in [1.807, 2.05) is 0 Å². The Morgan fingerprint density at radius 1 is 1.18 bits per heavy atom. The lowest BCUT2D eigenvalue weighted by Crippen LogP contribution is -2.41. The highest BCUT2D eigenvalue weighted by molar-refractivity contribution is 14.0. The van der Waals surface area contributed by atoms with E-state index in [9.17, 15) is 0 Å². The van der Waals surface area contributed by atoms with Crippen molar-refractivity contribution in [2.24, 2.45) is 16.1 Å². The number of nitrogens with zero attached hydrogens (tertiary/aromatic N) is 1. The monoisotopic (exact) mass is 423 g/mol. The summed E-state index contributed by atoms with van der Waals surface area (Å²) in [6, 6.07) is 0.547. The van der Waals surface area contributed by atoms with E-state index < -0.39 is 0 Å². The summed E-state index contributed by atoms with van der Waals surface area (Å²) < 4.78 is 5.55. The molecule has 0 unspecified atom stereocenters. The molecule has 0 radical (unpaired) electrons. The molecule has 0 aromatic heterocycles. The Hall–Kier alpha value is -0.0400. The molecule has 0 spiro atoms. The highest BCUT2D eigenvalue weighted by atomic mass is 127. The Kier molecular flexibility index (Phi) is 9.71. The molecule has 2 saturated carbocycles. The Labute approximate surface area is 153 Å². The average molecular weight is 423 g/mol. The second kappa shape index (κ2) is 10.7. The molecular formula is C17H34IN3O. The van der Waals surface area contributed by atoms with Gasteiger partial charge in [-0.05, 0) is 44.4 Å². The second-order valence-electron chi connectivity index (χ2n) is 6.83. The molecule has 0 heterocycles. The Balaban J connectivity index is 0.00000242. The number of guanidine groups is 1. The largest absolute Gasteiger partial charge is 0.382 e. The van der Waals surface area contributed by atoms with Gasteiger partial charge in [-0.3, -0.25) is 4.99 Å². The van der Waals surface area contributed by atoms with Crippen LogP contribution in [0.1, 0.15) is 71.1 Å². The van der Waals surface area contributed by atoms with Crippen LogP contribution in [0.2, 0.25) is 0 Å². The zero-order valence-corrected chi connectivity index (χ0v) is 16.4.